The SMILES string of the molecule is CC1(C)C(CC(=O)/C(=N\O[C@@H](COc2ccc(C(N)=NC(CN)CN)cc2)C(=O)O)c2csc(N)n2)C(=O)N1OS(=O)(=O)O. The number of carbonyl (C=O) groups is 3. The van der Waals surface area contributed by atoms with Gasteiger partial charge < -0.3 is 37.6 Å². The lowest BCUT2D eigenvalue weighted by Crippen LogP contribution is -2.68. The summed E-state index contributed by atoms with van der Waals surface area (Å²) >= 11 is 0.970. The average Bonchev–Trinajstić information content (AvgIpc) is 3.39. The minimum atomic E-state index is -4.99. The van der Waals surface area contributed by atoms with Gasteiger partial charge in [-0.15, -0.1) is 15.6 Å². The van der Waals surface area contributed by atoms with Crippen molar-refractivity contribution in [3.05, 3.63) is 40.9 Å². The molecule has 2 aromatic rings. The van der Waals surface area contributed by atoms with Crippen molar-refractivity contribution in [2.24, 2.45) is 33.3 Å². The summed E-state index contributed by atoms with van der Waals surface area (Å²) in [5.74, 6) is -3.76. The Morgan fingerprint density at radius 2 is 1.84 bits per heavy atom. The molecule has 44 heavy (non-hydrogen) atoms. The molecule has 1 amide bonds. The van der Waals surface area contributed by atoms with E-state index in [0.29, 0.717) is 10.6 Å². The molecule has 18 nitrogen and oxygen atoms in total. The highest BCUT2D eigenvalue weighted by atomic mass is 32.3. The zero-order chi connectivity index (χ0) is 32.8. The Hall–Kier alpha value is -4.21. The van der Waals surface area contributed by atoms with Crippen LogP contribution in [0.3, 0.4) is 0 Å². The van der Waals surface area contributed by atoms with Crippen LogP contribution in [-0.4, -0.2) is 94.7 Å². The van der Waals surface area contributed by atoms with Gasteiger partial charge >= 0.3 is 16.4 Å². The van der Waals surface area contributed by atoms with E-state index in [0.717, 1.165) is 11.3 Å². The van der Waals surface area contributed by atoms with E-state index >= 15 is 0 Å². The molecule has 0 aliphatic carbocycles. The number of rotatable bonds is 16. The first-order valence-corrected chi connectivity index (χ1v) is 15.0. The number of hydroxylamine groups is 2. The predicted octanol–water partition coefficient (Wildman–Crippen LogP) is -1.10. The fourth-order valence-electron chi connectivity index (χ4n) is 3.92. The fraction of sp³-hybridized carbons (Fsp3) is 0.417. The van der Waals surface area contributed by atoms with Crippen LogP contribution in [-0.2, 0) is 33.9 Å². The van der Waals surface area contributed by atoms with Crippen molar-refractivity contribution in [3.8, 4) is 5.75 Å². The number of nitrogens with zero attached hydrogens (tertiary/aromatic N) is 4. The van der Waals surface area contributed by atoms with Crippen LogP contribution in [0, 0.1) is 5.92 Å². The number of anilines is 1. The largest absolute Gasteiger partial charge is 0.489 e. The highest BCUT2D eigenvalue weighted by Gasteiger charge is 2.57. The zero-order valence-electron chi connectivity index (χ0n) is 23.5. The molecule has 20 heteroatoms. The number of hydrogen-bond donors (Lipinski definition) is 6. The van der Waals surface area contributed by atoms with E-state index in [1.54, 1.807) is 12.1 Å². The first kappa shape index (κ1) is 34.3. The van der Waals surface area contributed by atoms with Crippen molar-refractivity contribution in [2.75, 3.05) is 25.4 Å². The second-order valence-corrected chi connectivity index (χ2v) is 11.8. The van der Waals surface area contributed by atoms with Crippen LogP contribution in [0.1, 0.15) is 31.5 Å². The van der Waals surface area contributed by atoms with Gasteiger partial charge in [-0.25, -0.2) is 9.78 Å². The van der Waals surface area contributed by atoms with E-state index in [1.807, 2.05) is 0 Å². The molecule has 240 valence electrons. The minimum Gasteiger partial charge on any atom is -0.489 e. The number of benzene rings is 1. The maximum Gasteiger partial charge on any atom is 0.418 e. The summed E-state index contributed by atoms with van der Waals surface area (Å²) in [7, 11) is -4.99. The molecule has 0 bridgehead atoms. The average molecular weight is 657 g/mol. The van der Waals surface area contributed by atoms with Crippen molar-refractivity contribution < 1.29 is 46.3 Å². The highest BCUT2D eigenvalue weighted by Crippen LogP contribution is 2.40. The van der Waals surface area contributed by atoms with Gasteiger partial charge in [0.25, 0.3) is 12.0 Å². The normalized spacial score (nSPS) is 17.7. The van der Waals surface area contributed by atoms with Gasteiger partial charge in [-0.2, -0.15) is 13.5 Å². The molecular formula is C24H32N8O10S2. The molecular weight excluding hydrogens is 624 g/mol. The van der Waals surface area contributed by atoms with Crippen LogP contribution in [0.15, 0.2) is 39.8 Å². The van der Waals surface area contributed by atoms with Gasteiger partial charge in [-0.1, -0.05) is 5.16 Å². The number of thiazole rings is 1. The Morgan fingerprint density at radius 1 is 1.20 bits per heavy atom. The third kappa shape index (κ3) is 8.45. The number of amidine groups is 1. The van der Waals surface area contributed by atoms with Crippen molar-refractivity contribution >= 4 is 56.1 Å². The molecule has 1 fully saturated rings. The summed E-state index contributed by atoms with van der Waals surface area (Å²) in [6.07, 6.45) is -2.20. The van der Waals surface area contributed by atoms with Crippen molar-refractivity contribution in [1.29, 1.82) is 0 Å². The Labute approximate surface area is 255 Å². The molecule has 0 radical (unpaired) electrons. The number of ether oxygens (including phenoxy) is 1. The Bertz CT molecular complexity index is 1540. The number of amides is 1. The van der Waals surface area contributed by atoms with Crippen LogP contribution in [0.4, 0.5) is 5.13 Å². The minimum absolute atomic E-state index is 0.0421. The van der Waals surface area contributed by atoms with Gasteiger partial charge in [0.2, 0.25) is 0 Å². The molecule has 1 aromatic heterocycles. The number of carbonyl (C=O) groups excluding carboxylic acids is 2. The van der Waals surface area contributed by atoms with Crippen LogP contribution in [0.25, 0.3) is 0 Å². The molecule has 3 rings (SSSR count). The Kier molecular flexibility index (Phi) is 10.9. The molecule has 1 aromatic carbocycles. The van der Waals surface area contributed by atoms with Crippen molar-refractivity contribution in [2.45, 2.75) is 38.0 Å². The first-order chi connectivity index (χ1) is 20.6. The van der Waals surface area contributed by atoms with Gasteiger partial charge in [0.1, 0.15) is 23.9 Å². The number of ketones is 1. The second kappa shape index (κ2) is 14.1. The van der Waals surface area contributed by atoms with Gasteiger partial charge in [0.15, 0.2) is 16.6 Å². The molecule has 1 aliphatic heterocycles. The maximum absolute atomic E-state index is 13.3. The van der Waals surface area contributed by atoms with Crippen LogP contribution < -0.4 is 27.7 Å². The Balaban J connectivity index is 1.73. The summed E-state index contributed by atoms with van der Waals surface area (Å²) in [5, 5.41) is 15.3. The van der Waals surface area contributed by atoms with Crippen LogP contribution in [0.2, 0.25) is 0 Å². The zero-order valence-corrected chi connectivity index (χ0v) is 25.2. The number of oxime groups is 1. The number of β-lactam (4-membered cyclic amide) rings is 1. The number of aromatic nitrogens is 1. The number of aliphatic imine (C=N–C) groups is 1. The summed E-state index contributed by atoms with van der Waals surface area (Å²) < 4.78 is 40.9. The lowest BCUT2D eigenvalue weighted by atomic mass is 9.74. The molecule has 2 atom stereocenters. The van der Waals surface area contributed by atoms with E-state index in [9.17, 15) is 27.9 Å². The number of nitrogen functional groups attached to an aromatic ring is 1. The topological polar surface area (TPSA) is 298 Å². The Morgan fingerprint density at radius 3 is 2.34 bits per heavy atom. The van der Waals surface area contributed by atoms with Crippen LogP contribution >= 0.6 is 11.3 Å². The van der Waals surface area contributed by atoms with Crippen molar-refractivity contribution in [1.82, 2.24) is 10.0 Å². The summed E-state index contributed by atoms with van der Waals surface area (Å²) in [5.41, 5.74) is 21.6. The maximum atomic E-state index is 13.3. The lowest BCUT2D eigenvalue weighted by Gasteiger charge is -2.50. The van der Waals surface area contributed by atoms with E-state index in [4.69, 9.17) is 37.1 Å². The van der Waals surface area contributed by atoms with Gasteiger partial charge in [0.05, 0.1) is 17.5 Å². The van der Waals surface area contributed by atoms with E-state index in [-0.39, 0.29) is 41.5 Å². The monoisotopic (exact) mass is 656 g/mol. The summed E-state index contributed by atoms with van der Waals surface area (Å²) in [6.45, 7) is 2.74. The third-order valence-electron chi connectivity index (χ3n) is 6.43. The van der Waals surface area contributed by atoms with E-state index < -0.39 is 64.4 Å². The van der Waals surface area contributed by atoms with Gasteiger partial charge in [0, 0.05) is 30.5 Å². The summed E-state index contributed by atoms with van der Waals surface area (Å²) in [6, 6.07) is 5.91. The highest BCUT2D eigenvalue weighted by molar-refractivity contribution is 7.80. The van der Waals surface area contributed by atoms with Gasteiger partial charge in [-0.3, -0.25) is 19.1 Å². The number of hydrogen-bond acceptors (Lipinski definition) is 15. The molecule has 10 N–H and O–H groups in total. The van der Waals surface area contributed by atoms with Crippen LogP contribution in [0.5, 0.6) is 5.75 Å². The quantitative estimate of drug-likeness (QED) is 0.0411. The molecule has 0 spiro atoms. The molecule has 1 saturated heterocycles. The molecule has 2 heterocycles. The van der Waals surface area contributed by atoms with E-state index in [1.165, 1.54) is 31.4 Å². The second-order valence-electron chi connectivity index (χ2n) is 9.89. The number of nitrogens with two attached hydrogens (primary N) is 4. The molecule has 1 aliphatic rings. The third-order valence-corrected chi connectivity index (χ3v) is 7.44. The summed E-state index contributed by atoms with van der Waals surface area (Å²) in [4.78, 5) is 51.1. The number of aliphatic carboxylic acids is 1. The number of Topliss-reactive ketones (excluding diaryl/α,β-unsaturated/α-hetero) is 1. The number of carboxylic acids is 1. The molecule has 0 saturated carbocycles. The predicted molar refractivity (Wildman–Crippen MR) is 157 cm³/mol. The van der Waals surface area contributed by atoms with Crippen molar-refractivity contribution in [3.63, 3.8) is 0 Å². The lowest BCUT2D eigenvalue weighted by molar-refractivity contribution is -0.228. The standard InChI is InChI=1S/C24H32N8O10S2/c1-24(2)15(21(34)32(24)42-44(37,38)39)7-17(33)19(16-11-43-23(28)30-16)31-41-18(22(35)36)10-40-14-5-3-12(4-6-14)20(27)29-13(8-25)9-26/h3-6,11,13,15,18H,7-10,25-26H2,1-2H3,(H2,27,29)(H2,28,30)(H,35,36)(H,37,38,39)/b31-19-/t15?,18-/m0/s1. The molecule has 1 unspecified atom stereocenters. The fourth-order valence-corrected chi connectivity index (χ4v) is 4.92. The van der Waals surface area contributed by atoms with Gasteiger partial charge in [-0.05, 0) is 38.1 Å². The smallest absolute Gasteiger partial charge is 0.418 e. The van der Waals surface area contributed by atoms with E-state index in [2.05, 4.69) is 19.4 Å². The first-order valence-electron chi connectivity index (χ1n) is 12.8. The number of carboxylic acid groups (broad SMARTS) is 1.